The fourth-order valence-electron chi connectivity index (χ4n) is 1.89. The molecule has 1 aromatic heterocycles. The molecule has 0 fully saturated rings. The second kappa shape index (κ2) is 7.27. The van der Waals surface area contributed by atoms with E-state index in [0.717, 1.165) is 42.1 Å². The summed E-state index contributed by atoms with van der Waals surface area (Å²) in [6.45, 7) is 5.89. The largest absolute Gasteiger partial charge is 0.455 e. The van der Waals surface area contributed by atoms with Gasteiger partial charge >= 0.3 is 0 Å². The molecular weight excluding hydrogens is 272 g/mol. The molecule has 0 aliphatic heterocycles. The monoisotopic (exact) mass is 290 g/mol. The van der Waals surface area contributed by atoms with Gasteiger partial charge in [0.05, 0.1) is 6.20 Å². The van der Waals surface area contributed by atoms with Gasteiger partial charge in [-0.05, 0) is 49.7 Å². The molecule has 0 saturated carbocycles. The van der Waals surface area contributed by atoms with Crippen molar-refractivity contribution in [3.8, 4) is 11.5 Å². The number of aromatic nitrogens is 1. The summed E-state index contributed by atoms with van der Waals surface area (Å²) in [6.07, 6.45) is 4.64. The maximum atomic E-state index is 5.96. The zero-order valence-electron chi connectivity index (χ0n) is 11.8. The number of hydrogen-bond acceptors (Lipinski definition) is 3. The van der Waals surface area contributed by atoms with E-state index in [2.05, 4.69) is 17.2 Å². The summed E-state index contributed by atoms with van der Waals surface area (Å²) in [5.74, 6) is 1.58. The van der Waals surface area contributed by atoms with Gasteiger partial charge in [0.2, 0.25) is 0 Å². The molecule has 2 rings (SSSR count). The van der Waals surface area contributed by atoms with Gasteiger partial charge in [0, 0.05) is 23.3 Å². The smallest absolute Gasteiger partial charge is 0.150 e. The fraction of sp³-hybridized carbons (Fsp3) is 0.312. The van der Waals surface area contributed by atoms with Crippen molar-refractivity contribution in [3.05, 3.63) is 52.8 Å². The Morgan fingerprint density at radius 3 is 2.85 bits per heavy atom. The minimum Gasteiger partial charge on any atom is -0.455 e. The number of nitrogens with one attached hydrogen (secondary N) is 1. The van der Waals surface area contributed by atoms with E-state index in [1.807, 2.05) is 31.2 Å². The number of nitrogens with zero attached hydrogens (tertiary/aromatic N) is 1. The van der Waals surface area contributed by atoms with Crippen molar-refractivity contribution >= 4 is 11.6 Å². The molecule has 0 aliphatic carbocycles. The summed E-state index contributed by atoms with van der Waals surface area (Å²) in [4.78, 5) is 4.14. The van der Waals surface area contributed by atoms with Crippen molar-refractivity contribution < 1.29 is 4.74 Å². The Hall–Kier alpha value is -1.58. The van der Waals surface area contributed by atoms with Crippen LogP contribution in [0.3, 0.4) is 0 Å². The van der Waals surface area contributed by atoms with E-state index in [-0.39, 0.29) is 0 Å². The van der Waals surface area contributed by atoms with Gasteiger partial charge in [-0.25, -0.2) is 0 Å². The molecule has 1 N–H and O–H groups in total. The minimum atomic E-state index is 0.714. The van der Waals surface area contributed by atoms with Crippen molar-refractivity contribution in [3.63, 3.8) is 0 Å². The second-order valence-corrected chi connectivity index (χ2v) is 5.11. The van der Waals surface area contributed by atoms with E-state index in [0.29, 0.717) is 5.02 Å². The first-order valence-corrected chi connectivity index (χ1v) is 7.16. The molecule has 0 unspecified atom stereocenters. The van der Waals surface area contributed by atoms with Gasteiger partial charge in [-0.15, -0.1) is 0 Å². The third-order valence-corrected chi connectivity index (χ3v) is 3.20. The van der Waals surface area contributed by atoms with E-state index < -0.39 is 0 Å². The van der Waals surface area contributed by atoms with Crippen LogP contribution in [-0.2, 0) is 6.54 Å². The molecule has 0 bridgehead atoms. The quantitative estimate of drug-likeness (QED) is 0.804. The predicted octanol–water partition coefficient (Wildman–Crippen LogP) is 4.34. The lowest BCUT2D eigenvalue weighted by Gasteiger charge is -2.13. The lowest BCUT2D eigenvalue weighted by atomic mass is 10.2. The second-order valence-electron chi connectivity index (χ2n) is 4.67. The van der Waals surface area contributed by atoms with Crippen molar-refractivity contribution in [1.82, 2.24) is 10.3 Å². The van der Waals surface area contributed by atoms with Crippen LogP contribution >= 0.6 is 11.6 Å². The lowest BCUT2D eigenvalue weighted by Crippen LogP contribution is -2.14. The topological polar surface area (TPSA) is 34.2 Å². The molecule has 1 aromatic carbocycles. The van der Waals surface area contributed by atoms with Gasteiger partial charge in [-0.1, -0.05) is 18.5 Å². The number of pyridine rings is 1. The first-order chi connectivity index (χ1) is 9.70. The summed E-state index contributed by atoms with van der Waals surface area (Å²) >= 11 is 5.96. The minimum absolute atomic E-state index is 0.714. The first-order valence-electron chi connectivity index (χ1n) is 6.78. The van der Waals surface area contributed by atoms with Crippen LogP contribution in [0.15, 0.2) is 36.7 Å². The van der Waals surface area contributed by atoms with Gasteiger partial charge in [-0.2, -0.15) is 0 Å². The van der Waals surface area contributed by atoms with Gasteiger partial charge in [-0.3, -0.25) is 4.98 Å². The summed E-state index contributed by atoms with van der Waals surface area (Å²) in [7, 11) is 0. The van der Waals surface area contributed by atoms with E-state index in [4.69, 9.17) is 16.3 Å². The van der Waals surface area contributed by atoms with Gasteiger partial charge < -0.3 is 10.1 Å². The first kappa shape index (κ1) is 14.8. The van der Waals surface area contributed by atoms with Crippen LogP contribution < -0.4 is 10.1 Å². The Labute approximate surface area is 124 Å². The molecule has 106 valence electrons. The molecule has 2 aromatic rings. The van der Waals surface area contributed by atoms with E-state index >= 15 is 0 Å². The average molecular weight is 291 g/mol. The van der Waals surface area contributed by atoms with Crippen LogP contribution in [-0.4, -0.2) is 11.5 Å². The Kier molecular flexibility index (Phi) is 5.39. The van der Waals surface area contributed by atoms with Gasteiger partial charge in [0.1, 0.15) is 11.5 Å². The van der Waals surface area contributed by atoms with E-state index in [9.17, 15) is 0 Å². The summed E-state index contributed by atoms with van der Waals surface area (Å²) in [5, 5.41) is 4.09. The van der Waals surface area contributed by atoms with Crippen LogP contribution in [0, 0.1) is 6.92 Å². The lowest BCUT2D eigenvalue weighted by molar-refractivity contribution is 0.466. The van der Waals surface area contributed by atoms with Crippen LogP contribution in [0.1, 0.15) is 24.5 Å². The van der Waals surface area contributed by atoms with Gasteiger partial charge in [0.25, 0.3) is 0 Å². The summed E-state index contributed by atoms with van der Waals surface area (Å²) in [6, 6.07) is 7.58. The van der Waals surface area contributed by atoms with Crippen LogP contribution in [0.5, 0.6) is 11.5 Å². The van der Waals surface area contributed by atoms with Crippen molar-refractivity contribution in [2.24, 2.45) is 0 Å². The fourth-order valence-corrected chi connectivity index (χ4v) is 2.12. The standard InChI is InChI=1S/C16H19ClN2O/c1-3-7-18-10-13-6-8-19-11-16(13)20-15-5-4-14(17)9-12(15)2/h4-6,8-9,11,18H,3,7,10H2,1-2H3. The van der Waals surface area contributed by atoms with Crippen LogP contribution in [0.2, 0.25) is 5.02 Å². The summed E-state index contributed by atoms with van der Waals surface area (Å²) in [5.41, 5.74) is 2.11. The number of ether oxygens (including phenoxy) is 1. The van der Waals surface area contributed by atoms with Crippen molar-refractivity contribution in [1.29, 1.82) is 0 Å². The molecule has 0 spiro atoms. The van der Waals surface area contributed by atoms with E-state index in [1.54, 1.807) is 12.4 Å². The summed E-state index contributed by atoms with van der Waals surface area (Å²) < 4.78 is 5.96. The molecule has 1 heterocycles. The maximum absolute atomic E-state index is 5.96. The number of hydrogen-bond donors (Lipinski definition) is 1. The Balaban J connectivity index is 2.16. The zero-order valence-corrected chi connectivity index (χ0v) is 12.6. The van der Waals surface area contributed by atoms with E-state index in [1.165, 1.54) is 0 Å². The molecule has 20 heavy (non-hydrogen) atoms. The molecule has 0 radical (unpaired) electrons. The molecule has 4 heteroatoms. The van der Waals surface area contributed by atoms with Crippen molar-refractivity contribution in [2.45, 2.75) is 26.8 Å². The molecule has 0 saturated heterocycles. The molecular formula is C16H19ClN2O. The van der Waals surface area contributed by atoms with Crippen molar-refractivity contribution in [2.75, 3.05) is 6.54 Å². The zero-order chi connectivity index (χ0) is 14.4. The molecule has 3 nitrogen and oxygen atoms in total. The van der Waals surface area contributed by atoms with Crippen LogP contribution in [0.4, 0.5) is 0 Å². The highest BCUT2D eigenvalue weighted by Gasteiger charge is 2.07. The predicted molar refractivity (Wildman–Crippen MR) is 82.5 cm³/mol. The maximum Gasteiger partial charge on any atom is 0.150 e. The molecule has 0 aliphatic rings. The highest BCUT2D eigenvalue weighted by atomic mass is 35.5. The van der Waals surface area contributed by atoms with Gasteiger partial charge in [0.15, 0.2) is 0 Å². The number of benzene rings is 1. The highest BCUT2D eigenvalue weighted by Crippen LogP contribution is 2.28. The molecule has 0 atom stereocenters. The third-order valence-electron chi connectivity index (χ3n) is 2.97. The Morgan fingerprint density at radius 2 is 2.10 bits per heavy atom. The normalized spacial score (nSPS) is 10.6. The van der Waals surface area contributed by atoms with Crippen LogP contribution in [0.25, 0.3) is 0 Å². The SMILES string of the molecule is CCCNCc1ccncc1Oc1ccc(Cl)cc1C. The highest BCUT2D eigenvalue weighted by molar-refractivity contribution is 6.30. The number of aryl methyl sites for hydroxylation is 1. The third kappa shape index (κ3) is 3.95. The molecule has 0 amide bonds. The number of rotatable bonds is 6. The number of halogens is 1. The Morgan fingerprint density at radius 1 is 1.25 bits per heavy atom. The Bertz CT molecular complexity index is 572. The average Bonchev–Trinajstić information content (AvgIpc) is 2.44.